The van der Waals surface area contributed by atoms with Crippen LogP contribution >= 0.6 is 11.3 Å². The molecule has 0 radical (unpaired) electrons. The molecule has 12 heteroatoms. The van der Waals surface area contributed by atoms with E-state index in [4.69, 9.17) is 0 Å². The minimum atomic E-state index is -3.87. The molecule has 0 saturated carbocycles. The van der Waals surface area contributed by atoms with E-state index in [1.807, 2.05) is 36.3 Å². The first kappa shape index (κ1) is 27.4. The molecule has 0 spiro atoms. The Bertz CT molecular complexity index is 1460. The van der Waals surface area contributed by atoms with Crippen molar-refractivity contribution in [3.8, 4) is 0 Å². The number of rotatable bonds is 7. The van der Waals surface area contributed by atoms with E-state index >= 15 is 0 Å². The van der Waals surface area contributed by atoms with Gasteiger partial charge in [0.25, 0.3) is 0 Å². The Morgan fingerprint density at radius 1 is 1.21 bits per heavy atom. The van der Waals surface area contributed by atoms with E-state index in [1.165, 1.54) is 30.4 Å². The monoisotopic (exact) mass is 569 g/mol. The van der Waals surface area contributed by atoms with Crippen LogP contribution < -0.4 is 9.62 Å². The lowest BCUT2D eigenvalue weighted by molar-refractivity contribution is -0.147. The molecule has 2 saturated heterocycles. The summed E-state index contributed by atoms with van der Waals surface area (Å²) < 4.78 is 28.9. The number of carbonyl (C=O) groups excluding carboxylic acids is 2. The van der Waals surface area contributed by atoms with E-state index in [1.54, 1.807) is 40.4 Å². The predicted molar refractivity (Wildman–Crippen MR) is 147 cm³/mol. The maximum absolute atomic E-state index is 13.5. The maximum Gasteiger partial charge on any atom is 0.240 e. The van der Waals surface area contributed by atoms with Crippen LogP contribution in [-0.2, 0) is 19.6 Å². The van der Waals surface area contributed by atoms with Crippen molar-refractivity contribution in [2.45, 2.75) is 56.6 Å². The lowest BCUT2D eigenvalue weighted by Gasteiger charge is -2.51. The minimum absolute atomic E-state index is 0.0903. The second-order valence-corrected chi connectivity index (χ2v) is 12.7. The van der Waals surface area contributed by atoms with Crippen molar-refractivity contribution < 1.29 is 23.1 Å². The van der Waals surface area contributed by atoms with Gasteiger partial charge in [0, 0.05) is 37.5 Å². The normalized spacial score (nSPS) is 22.7. The van der Waals surface area contributed by atoms with Gasteiger partial charge in [-0.05, 0) is 49.1 Å². The Hall–Kier alpha value is -3.16. The topological polar surface area (TPSA) is 123 Å². The van der Waals surface area contributed by atoms with Crippen molar-refractivity contribution in [2.75, 3.05) is 18.0 Å². The van der Waals surface area contributed by atoms with Gasteiger partial charge in [-0.3, -0.25) is 24.4 Å². The van der Waals surface area contributed by atoms with Gasteiger partial charge in [-0.25, -0.2) is 13.1 Å². The second kappa shape index (κ2) is 10.8. The van der Waals surface area contributed by atoms with Crippen LogP contribution in [0.1, 0.15) is 35.6 Å². The summed E-state index contributed by atoms with van der Waals surface area (Å²) in [6.07, 6.45) is 1.54. The van der Waals surface area contributed by atoms with Gasteiger partial charge in [-0.15, -0.1) is 11.3 Å². The standard InChI is InChI=1S/C27H31N5O5S2/c1-17-6-8-21(9-7-17)39(36,37)29-14-20-16-30(27(35)24-5-4-12-38-24)22-13-25(34)32(26(22)31(20)19(3)33)23-15-28-11-10-18(23)2/h4-12,15,20,22,26-27,29,35H,13-14,16H2,1-3H3. The molecule has 1 aromatic carbocycles. The number of aromatic nitrogens is 1. The molecule has 39 heavy (non-hydrogen) atoms. The molecule has 5 rings (SSSR count). The summed E-state index contributed by atoms with van der Waals surface area (Å²) in [6, 6.07) is 10.8. The molecule has 2 amide bonds. The van der Waals surface area contributed by atoms with Crippen LogP contribution in [0, 0.1) is 13.8 Å². The number of aryl methyl sites for hydroxylation is 2. The van der Waals surface area contributed by atoms with Crippen LogP contribution in [0.5, 0.6) is 0 Å². The summed E-state index contributed by atoms with van der Waals surface area (Å²) in [6.45, 7) is 5.23. The summed E-state index contributed by atoms with van der Waals surface area (Å²) in [5, 5.41) is 13.3. The number of carbonyl (C=O) groups is 2. The van der Waals surface area contributed by atoms with Crippen molar-refractivity contribution in [1.29, 1.82) is 0 Å². The van der Waals surface area contributed by atoms with Crippen LogP contribution in [0.4, 0.5) is 5.69 Å². The third-order valence-electron chi connectivity index (χ3n) is 7.37. The van der Waals surface area contributed by atoms with Gasteiger partial charge < -0.3 is 10.0 Å². The van der Waals surface area contributed by atoms with E-state index in [2.05, 4.69) is 9.71 Å². The van der Waals surface area contributed by atoms with E-state index in [-0.39, 0.29) is 36.2 Å². The highest BCUT2D eigenvalue weighted by atomic mass is 32.2. The number of thiophene rings is 1. The summed E-state index contributed by atoms with van der Waals surface area (Å²) in [5.41, 5.74) is 2.33. The van der Waals surface area contributed by atoms with Gasteiger partial charge in [0.2, 0.25) is 21.8 Å². The molecule has 2 aliphatic rings. The fourth-order valence-electron chi connectivity index (χ4n) is 5.46. The van der Waals surface area contributed by atoms with Gasteiger partial charge in [0.1, 0.15) is 12.4 Å². The molecule has 3 aromatic rings. The fourth-order valence-corrected chi connectivity index (χ4v) is 7.27. The van der Waals surface area contributed by atoms with Gasteiger partial charge >= 0.3 is 0 Å². The zero-order chi connectivity index (χ0) is 27.9. The van der Waals surface area contributed by atoms with Crippen LogP contribution in [0.3, 0.4) is 0 Å². The number of hydrogen-bond acceptors (Lipinski definition) is 8. The minimum Gasteiger partial charge on any atom is -0.373 e. The number of aliphatic hydroxyl groups excluding tert-OH is 1. The first-order chi connectivity index (χ1) is 18.6. The highest BCUT2D eigenvalue weighted by Crippen LogP contribution is 2.40. The van der Waals surface area contributed by atoms with Crippen molar-refractivity contribution in [1.82, 2.24) is 19.5 Å². The van der Waals surface area contributed by atoms with Crippen molar-refractivity contribution >= 4 is 38.9 Å². The Balaban J connectivity index is 1.53. The van der Waals surface area contributed by atoms with Crippen molar-refractivity contribution in [2.24, 2.45) is 0 Å². The van der Waals surface area contributed by atoms with Gasteiger partial charge in [-0.2, -0.15) is 0 Å². The van der Waals surface area contributed by atoms with Crippen LogP contribution in [-0.4, -0.2) is 71.5 Å². The third kappa shape index (κ3) is 5.22. The zero-order valence-corrected chi connectivity index (χ0v) is 23.5. The molecule has 2 N–H and O–H groups in total. The SMILES string of the molecule is CC(=O)N1C(CNS(=O)(=O)c2ccc(C)cc2)CN(C(O)c2cccs2)C2CC(=O)N(c3cnccc3C)C21. The molecule has 206 valence electrons. The van der Waals surface area contributed by atoms with Crippen LogP contribution in [0.2, 0.25) is 0 Å². The highest BCUT2D eigenvalue weighted by molar-refractivity contribution is 7.89. The number of aliphatic hydroxyl groups is 1. The van der Waals surface area contributed by atoms with Gasteiger partial charge in [0.05, 0.1) is 28.9 Å². The molecule has 4 atom stereocenters. The quantitative estimate of drug-likeness (QED) is 0.448. The lowest BCUT2D eigenvalue weighted by atomic mass is 10.0. The number of nitrogens with one attached hydrogen (secondary N) is 1. The maximum atomic E-state index is 13.5. The molecule has 0 bridgehead atoms. The average Bonchev–Trinajstić information content (AvgIpc) is 3.55. The number of nitrogens with zero attached hydrogens (tertiary/aromatic N) is 4. The molecule has 4 unspecified atom stereocenters. The van der Waals surface area contributed by atoms with Crippen molar-refractivity contribution in [3.63, 3.8) is 0 Å². The van der Waals surface area contributed by atoms with E-state index < -0.39 is 34.5 Å². The molecule has 2 aliphatic heterocycles. The fraction of sp³-hybridized carbons (Fsp3) is 0.370. The zero-order valence-electron chi connectivity index (χ0n) is 21.9. The smallest absolute Gasteiger partial charge is 0.240 e. The van der Waals surface area contributed by atoms with E-state index in [0.717, 1.165) is 11.1 Å². The molecule has 2 aromatic heterocycles. The lowest BCUT2D eigenvalue weighted by Crippen LogP contribution is -2.69. The Labute approximate surface area is 231 Å². The predicted octanol–water partition coefficient (Wildman–Crippen LogP) is 2.39. The molecular weight excluding hydrogens is 538 g/mol. The number of anilines is 1. The number of benzene rings is 1. The first-order valence-electron chi connectivity index (χ1n) is 12.6. The largest absolute Gasteiger partial charge is 0.373 e. The average molecular weight is 570 g/mol. The summed E-state index contributed by atoms with van der Waals surface area (Å²) in [7, 11) is -3.87. The van der Waals surface area contributed by atoms with E-state index in [9.17, 15) is 23.1 Å². The van der Waals surface area contributed by atoms with Crippen molar-refractivity contribution in [3.05, 3.63) is 76.2 Å². The number of sulfonamides is 1. The van der Waals surface area contributed by atoms with Crippen LogP contribution in [0.25, 0.3) is 0 Å². The third-order valence-corrected chi connectivity index (χ3v) is 9.73. The highest BCUT2D eigenvalue weighted by Gasteiger charge is 2.54. The van der Waals surface area contributed by atoms with E-state index in [0.29, 0.717) is 10.6 Å². The second-order valence-electron chi connectivity index (χ2n) is 9.94. The number of hydrogen-bond donors (Lipinski definition) is 2. The first-order valence-corrected chi connectivity index (χ1v) is 15.0. The Morgan fingerprint density at radius 3 is 2.59 bits per heavy atom. The number of amides is 2. The Morgan fingerprint density at radius 2 is 1.95 bits per heavy atom. The van der Waals surface area contributed by atoms with Crippen LogP contribution in [0.15, 0.2) is 65.1 Å². The number of pyridine rings is 1. The Kier molecular flexibility index (Phi) is 7.57. The number of piperazine rings is 1. The number of fused-ring (bicyclic) bond motifs is 1. The van der Waals surface area contributed by atoms with Gasteiger partial charge in [0.15, 0.2) is 0 Å². The summed E-state index contributed by atoms with van der Waals surface area (Å²) in [4.78, 5) is 36.7. The molecule has 4 heterocycles. The molecule has 10 nitrogen and oxygen atoms in total. The molecule has 2 fully saturated rings. The van der Waals surface area contributed by atoms with Gasteiger partial charge in [-0.1, -0.05) is 23.8 Å². The summed E-state index contributed by atoms with van der Waals surface area (Å²) >= 11 is 1.39. The molecule has 0 aliphatic carbocycles. The molecular formula is C27H31N5O5S2. The summed E-state index contributed by atoms with van der Waals surface area (Å²) in [5.74, 6) is -0.493.